The van der Waals surface area contributed by atoms with E-state index in [-0.39, 0.29) is 17.7 Å². The van der Waals surface area contributed by atoms with E-state index in [2.05, 4.69) is 60.2 Å². The van der Waals surface area contributed by atoms with Gasteiger partial charge in [-0.1, -0.05) is 36.0 Å². The van der Waals surface area contributed by atoms with E-state index in [9.17, 15) is 4.79 Å². The van der Waals surface area contributed by atoms with E-state index >= 15 is 0 Å². The van der Waals surface area contributed by atoms with Crippen LogP contribution in [0.1, 0.15) is 23.6 Å². The van der Waals surface area contributed by atoms with Gasteiger partial charge in [-0.3, -0.25) is 14.3 Å². The molecule has 0 bridgehead atoms. The predicted molar refractivity (Wildman–Crippen MR) is 132 cm³/mol. The maximum Gasteiger partial charge on any atom is 0.237 e. The molecular weight excluding hydrogens is 430 g/mol. The van der Waals surface area contributed by atoms with Gasteiger partial charge in [-0.25, -0.2) is 0 Å². The molecule has 33 heavy (non-hydrogen) atoms. The van der Waals surface area contributed by atoms with Gasteiger partial charge in [-0.2, -0.15) is 0 Å². The lowest BCUT2D eigenvalue weighted by molar-refractivity contribution is -0.116. The van der Waals surface area contributed by atoms with Crippen molar-refractivity contribution in [2.75, 3.05) is 10.7 Å². The number of fused-ring (bicyclic) bond motifs is 1. The first-order valence-corrected chi connectivity index (χ1v) is 12.0. The van der Waals surface area contributed by atoms with Crippen LogP contribution in [-0.4, -0.2) is 37.5 Å². The van der Waals surface area contributed by atoms with Crippen LogP contribution in [0.2, 0.25) is 0 Å². The number of hydrogen-bond acceptors (Lipinski definition) is 5. The van der Waals surface area contributed by atoms with E-state index in [1.165, 1.54) is 28.5 Å². The van der Waals surface area contributed by atoms with E-state index < -0.39 is 0 Å². The SMILES string of the molecule is Cc1ccc(-n2c(SCC(=O)N3c4ccccc4CC3C)nnc2-c2ccncc2)cc1C. The third kappa shape index (κ3) is 4.04. The normalized spacial score (nSPS) is 15.0. The topological polar surface area (TPSA) is 63.9 Å². The molecule has 1 amide bonds. The Hall–Kier alpha value is -3.45. The summed E-state index contributed by atoms with van der Waals surface area (Å²) in [6.07, 6.45) is 4.38. The Labute approximate surface area is 197 Å². The summed E-state index contributed by atoms with van der Waals surface area (Å²) in [6, 6.07) is 18.4. The van der Waals surface area contributed by atoms with Crippen LogP contribution in [0.4, 0.5) is 5.69 Å². The van der Waals surface area contributed by atoms with E-state index in [0.717, 1.165) is 29.2 Å². The predicted octanol–water partition coefficient (Wildman–Crippen LogP) is 5.02. The van der Waals surface area contributed by atoms with Crippen LogP contribution >= 0.6 is 11.8 Å². The molecule has 0 saturated heterocycles. The van der Waals surface area contributed by atoms with Gasteiger partial charge < -0.3 is 4.90 Å². The molecule has 7 heteroatoms. The van der Waals surface area contributed by atoms with Crippen molar-refractivity contribution < 1.29 is 4.79 Å². The van der Waals surface area contributed by atoms with Gasteiger partial charge in [0, 0.05) is 29.7 Å². The van der Waals surface area contributed by atoms with Gasteiger partial charge in [0.05, 0.1) is 11.4 Å². The molecule has 6 nitrogen and oxygen atoms in total. The van der Waals surface area contributed by atoms with Crippen LogP contribution in [0.3, 0.4) is 0 Å². The molecule has 0 fully saturated rings. The fourth-order valence-corrected chi connectivity index (χ4v) is 5.10. The van der Waals surface area contributed by atoms with Crippen molar-refractivity contribution in [3.63, 3.8) is 0 Å². The largest absolute Gasteiger partial charge is 0.308 e. The summed E-state index contributed by atoms with van der Waals surface area (Å²) in [5, 5.41) is 9.64. The number of thioether (sulfide) groups is 1. The molecule has 0 radical (unpaired) electrons. The van der Waals surface area contributed by atoms with Crippen LogP contribution in [0.15, 0.2) is 72.1 Å². The quantitative estimate of drug-likeness (QED) is 0.396. The number of amides is 1. The summed E-state index contributed by atoms with van der Waals surface area (Å²) in [6.45, 7) is 6.29. The van der Waals surface area contributed by atoms with Crippen LogP contribution in [0, 0.1) is 13.8 Å². The Morgan fingerprint density at radius 2 is 1.82 bits per heavy atom. The lowest BCUT2D eigenvalue weighted by Crippen LogP contribution is -2.37. The van der Waals surface area contributed by atoms with Crippen molar-refractivity contribution in [3.8, 4) is 17.1 Å². The van der Waals surface area contributed by atoms with Crippen molar-refractivity contribution in [1.29, 1.82) is 0 Å². The monoisotopic (exact) mass is 455 g/mol. The smallest absolute Gasteiger partial charge is 0.237 e. The molecule has 2 aromatic heterocycles. The fraction of sp³-hybridized carbons (Fsp3) is 0.231. The summed E-state index contributed by atoms with van der Waals surface area (Å²) in [7, 11) is 0. The Balaban J connectivity index is 1.47. The highest BCUT2D eigenvalue weighted by molar-refractivity contribution is 7.99. The van der Waals surface area contributed by atoms with Crippen LogP contribution in [0.5, 0.6) is 0 Å². The van der Waals surface area contributed by atoms with Gasteiger partial charge in [0.25, 0.3) is 0 Å². The molecule has 166 valence electrons. The molecule has 1 aliphatic heterocycles. The van der Waals surface area contributed by atoms with Crippen molar-refractivity contribution in [2.24, 2.45) is 0 Å². The van der Waals surface area contributed by atoms with Gasteiger partial charge in [0.15, 0.2) is 11.0 Å². The first-order valence-electron chi connectivity index (χ1n) is 11.0. The number of nitrogens with zero attached hydrogens (tertiary/aromatic N) is 5. The summed E-state index contributed by atoms with van der Waals surface area (Å²) in [5.74, 6) is 1.10. The van der Waals surface area contributed by atoms with Crippen molar-refractivity contribution in [3.05, 3.63) is 83.7 Å². The van der Waals surface area contributed by atoms with Gasteiger partial charge in [-0.15, -0.1) is 10.2 Å². The average Bonchev–Trinajstić information content (AvgIpc) is 3.40. The number of carbonyl (C=O) groups is 1. The van der Waals surface area contributed by atoms with Gasteiger partial charge in [0.2, 0.25) is 5.91 Å². The highest BCUT2D eigenvalue weighted by Gasteiger charge is 2.30. The first-order chi connectivity index (χ1) is 16.0. The number of aromatic nitrogens is 4. The number of carbonyl (C=O) groups excluding carboxylic acids is 1. The third-order valence-corrected chi connectivity index (χ3v) is 7.03. The zero-order chi connectivity index (χ0) is 22.9. The Morgan fingerprint density at radius 1 is 1.03 bits per heavy atom. The number of anilines is 1. The summed E-state index contributed by atoms with van der Waals surface area (Å²) >= 11 is 1.42. The number of pyridine rings is 1. The summed E-state index contributed by atoms with van der Waals surface area (Å²) in [5.41, 5.74) is 6.56. The average molecular weight is 456 g/mol. The molecule has 0 saturated carbocycles. The maximum absolute atomic E-state index is 13.3. The molecule has 1 unspecified atom stereocenters. The lowest BCUT2D eigenvalue weighted by Gasteiger charge is -2.22. The van der Waals surface area contributed by atoms with Crippen molar-refractivity contribution in [2.45, 2.75) is 38.4 Å². The second-order valence-corrected chi connectivity index (χ2v) is 9.32. The van der Waals surface area contributed by atoms with Gasteiger partial charge in [-0.05, 0) is 74.2 Å². The molecule has 0 spiro atoms. The minimum atomic E-state index is 0.0811. The second-order valence-electron chi connectivity index (χ2n) is 8.38. The zero-order valence-electron chi connectivity index (χ0n) is 18.9. The molecule has 3 heterocycles. The fourth-order valence-electron chi connectivity index (χ4n) is 4.29. The number of aryl methyl sites for hydroxylation is 2. The Bertz CT molecular complexity index is 1320. The summed E-state index contributed by atoms with van der Waals surface area (Å²) in [4.78, 5) is 19.3. The van der Waals surface area contributed by atoms with Gasteiger partial charge in [0.1, 0.15) is 0 Å². The molecule has 0 aliphatic carbocycles. The zero-order valence-corrected chi connectivity index (χ0v) is 19.7. The minimum Gasteiger partial charge on any atom is -0.308 e. The lowest BCUT2D eigenvalue weighted by atomic mass is 10.1. The van der Waals surface area contributed by atoms with Crippen molar-refractivity contribution in [1.82, 2.24) is 19.7 Å². The maximum atomic E-state index is 13.3. The van der Waals surface area contributed by atoms with Crippen LogP contribution in [-0.2, 0) is 11.2 Å². The van der Waals surface area contributed by atoms with E-state index in [0.29, 0.717) is 5.16 Å². The van der Waals surface area contributed by atoms with E-state index in [4.69, 9.17) is 0 Å². The molecular formula is C26H25N5OS. The number of rotatable bonds is 5. The number of benzene rings is 2. The molecule has 5 rings (SSSR count). The standard InChI is InChI=1S/C26H25N5OS/c1-17-8-9-22(14-18(17)2)31-25(20-10-12-27-13-11-20)28-29-26(31)33-16-24(32)30-19(3)15-21-6-4-5-7-23(21)30/h4-14,19H,15-16H2,1-3H3. The molecule has 0 N–H and O–H groups in total. The summed E-state index contributed by atoms with van der Waals surface area (Å²) < 4.78 is 2.03. The molecule has 1 aliphatic rings. The van der Waals surface area contributed by atoms with Gasteiger partial charge >= 0.3 is 0 Å². The molecule has 2 aromatic carbocycles. The highest BCUT2D eigenvalue weighted by Crippen LogP contribution is 2.34. The van der Waals surface area contributed by atoms with Crippen molar-refractivity contribution >= 4 is 23.4 Å². The third-order valence-electron chi connectivity index (χ3n) is 6.12. The molecule has 4 aromatic rings. The minimum absolute atomic E-state index is 0.0811. The van der Waals surface area contributed by atoms with Crippen LogP contribution < -0.4 is 4.90 Å². The van der Waals surface area contributed by atoms with E-state index in [1.807, 2.05) is 39.8 Å². The number of para-hydroxylation sites is 1. The second kappa shape index (κ2) is 8.83. The van der Waals surface area contributed by atoms with E-state index in [1.54, 1.807) is 12.4 Å². The molecule has 1 atom stereocenters. The number of hydrogen-bond donors (Lipinski definition) is 0. The Morgan fingerprint density at radius 3 is 2.61 bits per heavy atom. The van der Waals surface area contributed by atoms with Crippen LogP contribution in [0.25, 0.3) is 17.1 Å². The first kappa shape index (κ1) is 21.4. The highest BCUT2D eigenvalue weighted by atomic mass is 32.2. The Kier molecular flexibility index (Phi) is 5.72.